The van der Waals surface area contributed by atoms with Crippen LogP contribution in [0.3, 0.4) is 0 Å². The number of likely N-dealkylation sites (tertiary alicyclic amines) is 1. The number of benzene rings is 1. The van der Waals surface area contributed by atoms with Gasteiger partial charge in [-0.2, -0.15) is 0 Å². The van der Waals surface area contributed by atoms with Crippen LogP contribution in [-0.2, 0) is 9.84 Å². The second kappa shape index (κ2) is 11.5. The maximum Gasteiger partial charge on any atom is 0.193 e. The lowest BCUT2D eigenvalue weighted by Gasteiger charge is -2.40. The highest BCUT2D eigenvalue weighted by Crippen LogP contribution is 2.34. The van der Waals surface area contributed by atoms with Gasteiger partial charge in [0.15, 0.2) is 15.8 Å². The van der Waals surface area contributed by atoms with E-state index in [1.54, 1.807) is 0 Å². The summed E-state index contributed by atoms with van der Waals surface area (Å²) >= 11 is 0. The summed E-state index contributed by atoms with van der Waals surface area (Å²) in [7, 11) is -0.963. The molecule has 0 radical (unpaired) electrons. The molecule has 164 valence electrons. The molecule has 3 rings (SSSR count). The predicted molar refractivity (Wildman–Crippen MR) is 131 cm³/mol. The molecule has 2 aliphatic heterocycles. The van der Waals surface area contributed by atoms with Crippen molar-refractivity contribution in [2.45, 2.75) is 25.7 Å². The van der Waals surface area contributed by atoms with Crippen LogP contribution >= 0.6 is 24.0 Å². The number of nitrogens with one attached hydrogen (secondary N) is 1. The number of hydrogen-bond acceptors (Lipinski definition) is 4. The number of guanidine groups is 1. The lowest BCUT2D eigenvalue weighted by molar-refractivity contribution is 0.214. The minimum Gasteiger partial charge on any atom is -0.355 e. The zero-order chi connectivity index (χ0) is 20.0. The molecule has 0 bridgehead atoms. The fourth-order valence-electron chi connectivity index (χ4n) is 4.41. The van der Waals surface area contributed by atoms with E-state index in [2.05, 4.69) is 57.4 Å². The maximum atomic E-state index is 11.6. The van der Waals surface area contributed by atoms with Crippen LogP contribution in [0.1, 0.15) is 31.2 Å². The van der Waals surface area contributed by atoms with Gasteiger partial charge in [0, 0.05) is 46.3 Å². The van der Waals surface area contributed by atoms with E-state index in [1.807, 2.05) is 7.05 Å². The third-order valence-electron chi connectivity index (χ3n) is 6.15. The molecule has 8 heteroatoms. The highest BCUT2D eigenvalue weighted by atomic mass is 127. The molecule has 2 unspecified atom stereocenters. The van der Waals surface area contributed by atoms with Crippen molar-refractivity contribution in [3.63, 3.8) is 0 Å². The molecule has 2 heterocycles. The monoisotopic (exact) mass is 534 g/mol. The fraction of sp³-hybridized carbons (Fsp3) is 0.667. The molecule has 0 amide bonds. The van der Waals surface area contributed by atoms with Crippen LogP contribution in [0.25, 0.3) is 0 Å². The SMILES string of the molecule is CCC1CN(C(=NC)NCCN2CCS(=O)(=O)CC2)CCC1c1ccccc1.I. The molecule has 0 aliphatic carbocycles. The predicted octanol–water partition coefficient (Wildman–Crippen LogP) is 2.43. The first kappa shape index (κ1) is 24.4. The summed E-state index contributed by atoms with van der Waals surface area (Å²) in [6.07, 6.45) is 2.31. The van der Waals surface area contributed by atoms with Crippen molar-refractivity contribution < 1.29 is 8.42 Å². The highest BCUT2D eigenvalue weighted by Gasteiger charge is 2.30. The summed E-state index contributed by atoms with van der Waals surface area (Å²) in [5.74, 6) is 2.78. The molecular formula is C21H35IN4O2S. The average molecular weight is 535 g/mol. The first-order chi connectivity index (χ1) is 13.5. The Bertz CT molecular complexity index is 743. The van der Waals surface area contributed by atoms with Crippen LogP contribution in [0.5, 0.6) is 0 Å². The Morgan fingerprint density at radius 1 is 1.17 bits per heavy atom. The standard InChI is InChI=1S/C21H34N4O2S.HI/c1-3-18-17-25(11-9-20(18)19-7-5-4-6-8-19)21(22-2)23-10-12-24-13-15-28(26,27)16-14-24;/h4-8,18,20H,3,9-17H2,1-2H3,(H,22,23);1H. The summed E-state index contributed by atoms with van der Waals surface area (Å²) in [4.78, 5) is 9.10. The van der Waals surface area contributed by atoms with Gasteiger partial charge in [-0.25, -0.2) is 8.42 Å². The fourth-order valence-corrected chi connectivity index (χ4v) is 5.69. The quantitative estimate of drug-likeness (QED) is 0.357. The van der Waals surface area contributed by atoms with Crippen molar-refractivity contribution in [3.05, 3.63) is 35.9 Å². The zero-order valence-electron chi connectivity index (χ0n) is 17.6. The van der Waals surface area contributed by atoms with Gasteiger partial charge in [-0.1, -0.05) is 43.7 Å². The molecule has 1 aromatic rings. The normalized spacial score (nSPS) is 25.3. The number of aliphatic imine (C=N–C) groups is 1. The number of piperidine rings is 1. The van der Waals surface area contributed by atoms with Gasteiger partial charge in [-0.05, 0) is 23.8 Å². The number of halogens is 1. The van der Waals surface area contributed by atoms with Crippen molar-refractivity contribution >= 4 is 39.8 Å². The van der Waals surface area contributed by atoms with Gasteiger partial charge in [0.1, 0.15) is 0 Å². The number of nitrogens with zero attached hydrogens (tertiary/aromatic N) is 3. The van der Waals surface area contributed by atoms with Crippen molar-refractivity contribution in [1.29, 1.82) is 0 Å². The van der Waals surface area contributed by atoms with E-state index >= 15 is 0 Å². The van der Waals surface area contributed by atoms with Crippen LogP contribution in [0.4, 0.5) is 0 Å². The molecule has 2 atom stereocenters. The van der Waals surface area contributed by atoms with E-state index in [9.17, 15) is 8.42 Å². The Balaban J connectivity index is 0.00000300. The summed E-state index contributed by atoms with van der Waals surface area (Å²) in [6, 6.07) is 10.9. The van der Waals surface area contributed by atoms with Gasteiger partial charge in [0.05, 0.1) is 11.5 Å². The molecule has 0 saturated carbocycles. The third kappa shape index (κ3) is 6.82. The van der Waals surface area contributed by atoms with Crippen molar-refractivity contribution in [3.8, 4) is 0 Å². The average Bonchev–Trinajstić information content (AvgIpc) is 2.72. The molecule has 6 nitrogen and oxygen atoms in total. The summed E-state index contributed by atoms with van der Waals surface area (Å²) in [5.41, 5.74) is 1.46. The lowest BCUT2D eigenvalue weighted by Crippen LogP contribution is -2.50. The second-order valence-electron chi connectivity index (χ2n) is 7.89. The molecule has 0 aromatic heterocycles. The van der Waals surface area contributed by atoms with Crippen LogP contribution in [0, 0.1) is 5.92 Å². The van der Waals surface area contributed by atoms with Gasteiger partial charge >= 0.3 is 0 Å². The molecule has 1 aromatic carbocycles. The number of rotatable bonds is 5. The largest absolute Gasteiger partial charge is 0.355 e. The molecule has 2 fully saturated rings. The van der Waals surface area contributed by atoms with Crippen LogP contribution in [0.15, 0.2) is 35.3 Å². The van der Waals surface area contributed by atoms with Crippen molar-refractivity contribution in [2.75, 3.05) is 57.8 Å². The Morgan fingerprint density at radius 2 is 1.86 bits per heavy atom. The summed E-state index contributed by atoms with van der Waals surface area (Å²) < 4.78 is 23.1. The van der Waals surface area contributed by atoms with Gasteiger partial charge in [-0.15, -0.1) is 24.0 Å². The number of hydrogen-bond donors (Lipinski definition) is 1. The van der Waals surface area contributed by atoms with E-state index in [0.29, 0.717) is 24.9 Å². The Labute approximate surface area is 193 Å². The first-order valence-electron chi connectivity index (χ1n) is 10.5. The highest BCUT2D eigenvalue weighted by molar-refractivity contribution is 14.0. The zero-order valence-corrected chi connectivity index (χ0v) is 20.7. The minimum atomic E-state index is -2.81. The van der Waals surface area contributed by atoms with E-state index in [0.717, 1.165) is 45.0 Å². The smallest absolute Gasteiger partial charge is 0.193 e. The second-order valence-corrected chi connectivity index (χ2v) is 10.2. The molecule has 2 aliphatic rings. The first-order valence-corrected chi connectivity index (χ1v) is 12.3. The number of sulfone groups is 1. The van der Waals surface area contributed by atoms with Crippen molar-refractivity contribution in [2.24, 2.45) is 10.9 Å². The van der Waals surface area contributed by atoms with Gasteiger partial charge in [0.2, 0.25) is 0 Å². The lowest BCUT2D eigenvalue weighted by atomic mass is 9.79. The molecule has 29 heavy (non-hydrogen) atoms. The topological polar surface area (TPSA) is 65.0 Å². The molecule has 1 N–H and O–H groups in total. The Kier molecular flexibility index (Phi) is 9.68. The maximum absolute atomic E-state index is 11.6. The molecule has 2 saturated heterocycles. The Morgan fingerprint density at radius 3 is 2.48 bits per heavy atom. The van der Waals surface area contributed by atoms with E-state index < -0.39 is 9.84 Å². The van der Waals surface area contributed by atoms with Gasteiger partial charge in [0.25, 0.3) is 0 Å². The third-order valence-corrected chi connectivity index (χ3v) is 7.75. The van der Waals surface area contributed by atoms with Crippen LogP contribution in [0.2, 0.25) is 0 Å². The van der Waals surface area contributed by atoms with Crippen LogP contribution < -0.4 is 5.32 Å². The van der Waals surface area contributed by atoms with E-state index in [-0.39, 0.29) is 35.5 Å². The van der Waals surface area contributed by atoms with Crippen molar-refractivity contribution in [1.82, 2.24) is 15.1 Å². The van der Waals surface area contributed by atoms with Crippen LogP contribution in [-0.4, -0.2) is 82.0 Å². The summed E-state index contributed by atoms with van der Waals surface area (Å²) in [6.45, 7) is 7.25. The van der Waals surface area contributed by atoms with Gasteiger partial charge in [-0.3, -0.25) is 9.89 Å². The minimum absolute atomic E-state index is 0. The van der Waals surface area contributed by atoms with E-state index in [1.165, 1.54) is 5.56 Å². The van der Waals surface area contributed by atoms with Gasteiger partial charge < -0.3 is 10.2 Å². The van der Waals surface area contributed by atoms with E-state index in [4.69, 9.17) is 0 Å². The molecular weight excluding hydrogens is 499 g/mol. The molecule has 0 spiro atoms. The Hall–Kier alpha value is -0.870. The summed E-state index contributed by atoms with van der Waals surface area (Å²) in [5, 5.41) is 3.49.